The lowest BCUT2D eigenvalue weighted by Crippen LogP contribution is -2.32. The molecule has 1 unspecified atom stereocenters. The molecule has 1 atom stereocenters. The normalized spacial score (nSPS) is 11.2. The van der Waals surface area contributed by atoms with Crippen molar-refractivity contribution in [3.63, 3.8) is 0 Å². The van der Waals surface area contributed by atoms with E-state index in [1.54, 1.807) is 37.3 Å². The molecule has 0 aromatic heterocycles. The molecule has 3 N–H and O–H groups in total. The third-order valence-corrected chi connectivity index (χ3v) is 3.95. The van der Waals surface area contributed by atoms with E-state index in [1.807, 2.05) is 31.2 Å². The van der Waals surface area contributed by atoms with Crippen molar-refractivity contribution in [2.45, 2.75) is 26.3 Å². The Morgan fingerprint density at radius 3 is 2.50 bits per heavy atom. The van der Waals surface area contributed by atoms with Crippen molar-refractivity contribution < 1.29 is 19.1 Å². The predicted octanol–water partition coefficient (Wildman–Crippen LogP) is 3.25. The molecule has 0 aliphatic heterocycles. The fraction of sp³-hybridized carbons (Fsp3) is 0.286. The number of carbonyl (C=O) groups is 3. The third kappa shape index (κ3) is 6.75. The summed E-state index contributed by atoms with van der Waals surface area (Å²) in [6, 6.07) is 16.0. The molecule has 28 heavy (non-hydrogen) atoms. The number of rotatable bonds is 8. The summed E-state index contributed by atoms with van der Waals surface area (Å²) in [7, 11) is 0. The van der Waals surface area contributed by atoms with Crippen LogP contribution in [0.25, 0.3) is 0 Å². The Morgan fingerprint density at radius 1 is 1.04 bits per heavy atom. The van der Waals surface area contributed by atoms with Gasteiger partial charge in [0.1, 0.15) is 0 Å². The van der Waals surface area contributed by atoms with E-state index in [2.05, 4.69) is 16.0 Å². The topological polar surface area (TPSA) is 96.5 Å². The molecule has 0 heterocycles. The summed E-state index contributed by atoms with van der Waals surface area (Å²) >= 11 is 0. The van der Waals surface area contributed by atoms with Crippen molar-refractivity contribution in [3.8, 4) is 0 Å². The van der Waals surface area contributed by atoms with Crippen LogP contribution >= 0.6 is 0 Å². The average molecular weight is 383 g/mol. The Bertz CT molecular complexity index is 808. The molecular formula is C21H25N3O4. The maximum absolute atomic E-state index is 12.3. The van der Waals surface area contributed by atoms with Crippen molar-refractivity contribution in [1.29, 1.82) is 0 Å². The summed E-state index contributed by atoms with van der Waals surface area (Å²) < 4.78 is 4.73. The number of alkyl carbamates (subject to hydrolysis) is 1. The first-order valence-corrected chi connectivity index (χ1v) is 9.16. The van der Waals surface area contributed by atoms with Gasteiger partial charge in [0.05, 0.1) is 12.6 Å². The second-order valence-corrected chi connectivity index (χ2v) is 6.13. The highest BCUT2D eigenvalue weighted by molar-refractivity contribution is 6.04. The minimum Gasteiger partial charge on any atom is -0.450 e. The Kier molecular flexibility index (Phi) is 8.02. The number of ether oxygens (including phenoxy) is 1. The van der Waals surface area contributed by atoms with Gasteiger partial charge in [-0.2, -0.15) is 0 Å². The molecule has 0 radical (unpaired) electrons. The van der Waals surface area contributed by atoms with Gasteiger partial charge in [0.25, 0.3) is 5.91 Å². The SMILES string of the molecule is CCOC(=O)NCCC(=O)NC(C)c1cccc(NC(=O)c2ccccc2)c1. The number of benzene rings is 2. The minimum absolute atomic E-state index is 0.146. The van der Waals surface area contributed by atoms with Gasteiger partial charge in [0.15, 0.2) is 0 Å². The van der Waals surface area contributed by atoms with Crippen LogP contribution < -0.4 is 16.0 Å². The molecular weight excluding hydrogens is 358 g/mol. The van der Waals surface area contributed by atoms with E-state index < -0.39 is 6.09 Å². The summed E-state index contributed by atoms with van der Waals surface area (Å²) in [6.45, 7) is 4.05. The predicted molar refractivity (Wildman–Crippen MR) is 107 cm³/mol. The van der Waals surface area contributed by atoms with Crippen LogP contribution in [0.1, 0.15) is 42.2 Å². The van der Waals surface area contributed by atoms with Crippen LogP contribution in [0.15, 0.2) is 54.6 Å². The molecule has 0 bridgehead atoms. The lowest BCUT2D eigenvalue weighted by Gasteiger charge is -2.16. The number of nitrogens with one attached hydrogen (secondary N) is 3. The molecule has 0 aliphatic carbocycles. The number of amides is 3. The van der Waals surface area contributed by atoms with Gasteiger partial charge >= 0.3 is 6.09 Å². The van der Waals surface area contributed by atoms with Crippen molar-refractivity contribution >= 4 is 23.6 Å². The van der Waals surface area contributed by atoms with E-state index in [9.17, 15) is 14.4 Å². The van der Waals surface area contributed by atoms with Gasteiger partial charge in [-0.1, -0.05) is 30.3 Å². The first kappa shape index (κ1) is 21.0. The molecule has 7 nitrogen and oxygen atoms in total. The molecule has 148 valence electrons. The molecule has 2 rings (SSSR count). The standard InChI is InChI=1S/C21H25N3O4/c1-3-28-21(27)22-13-12-19(25)23-15(2)17-10-7-11-18(14-17)24-20(26)16-8-5-4-6-9-16/h4-11,14-15H,3,12-13H2,1-2H3,(H,22,27)(H,23,25)(H,24,26). The molecule has 7 heteroatoms. The van der Waals surface area contributed by atoms with E-state index in [0.29, 0.717) is 11.3 Å². The quantitative estimate of drug-likeness (QED) is 0.652. The number of hydrogen-bond acceptors (Lipinski definition) is 4. The summed E-state index contributed by atoms with van der Waals surface area (Å²) in [4.78, 5) is 35.5. The van der Waals surface area contributed by atoms with Crippen LogP contribution in [0.3, 0.4) is 0 Å². The van der Waals surface area contributed by atoms with Gasteiger partial charge in [-0.05, 0) is 43.7 Å². The Balaban J connectivity index is 1.87. The van der Waals surface area contributed by atoms with Crippen LogP contribution in [0.2, 0.25) is 0 Å². The van der Waals surface area contributed by atoms with E-state index in [4.69, 9.17) is 4.74 Å². The zero-order valence-electron chi connectivity index (χ0n) is 16.0. The summed E-state index contributed by atoms with van der Waals surface area (Å²) in [5.74, 6) is -0.387. The Labute approximate surface area is 164 Å². The molecule has 0 aliphatic rings. The van der Waals surface area contributed by atoms with Crippen molar-refractivity contribution in [3.05, 3.63) is 65.7 Å². The first-order chi connectivity index (χ1) is 13.5. The molecule has 0 spiro atoms. The van der Waals surface area contributed by atoms with Crippen molar-refractivity contribution in [1.82, 2.24) is 10.6 Å². The van der Waals surface area contributed by atoms with E-state index in [0.717, 1.165) is 5.56 Å². The first-order valence-electron chi connectivity index (χ1n) is 9.16. The van der Waals surface area contributed by atoms with E-state index >= 15 is 0 Å². The van der Waals surface area contributed by atoms with E-state index in [1.165, 1.54) is 0 Å². The number of carbonyl (C=O) groups excluding carboxylic acids is 3. The van der Waals surface area contributed by atoms with Crippen LogP contribution in [-0.4, -0.2) is 31.1 Å². The lowest BCUT2D eigenvalue weighted by atomic mass is 10.1. The summed E-state index contributed by atoms with van der Waals surface area (Å²) in [5, 5.41) is 8.23. The molecule has 3 amide bonds. The second-order valence-electron chi connectivity index (χ2n) is 6.13. The van der Waals surface area contributed by atoms with Crippen LogP contribution in [0.4, 0.5) is 10.5 Å². The highest BCUT2D eigenvalue weighted by atomic mass is 16.5. The highest BCUT2D eigenvalue weighted by Crippen LogP contribution is 2.18. The maximum Gasteiger partial charge on any atom is 0.407 e. The minimum atomic E-state index is -0.537. The van der Waals surface area contributed by atoms with Gasteiger partial charge in [0.2, 0.25) is 5.91 Å². The number of hydrogen-bond donors (Lipinski definition) is 3. The van der Waals surface area contributed by atoms with Crippen molar-refractivity contribution in [2.24, 2.45) is 0 Å². The third-order valence-electron chi connectivity index (χ3n) is 3.95. The number of anilines is 1. The van der Waals surface area contributed by atoms with E-state index in [-0.39, 0.29) is 37.4 Å². The Hall–Kier alpha value is -3.35. The summed E-state index contributed by atoms with van der Waals surface area (Å²) in [6.07, 6.45) is -0.390. The average Bonchev–Trinajstić information content (AvgIpc) is 2.69. The van der Waals surface area contributed by atoms with Gasteiger partial charge in [0, 0.05) is 24.2 Å². The second kappa shape index (κ2) is 10.7. The summed E-state index contributed by atoms with van der Waals surface area (Å²) in [5.41, 5.74) is 2.08. The van der Waals surface area contributed by atoms with Crippen molar-refractivity contribution in [2.75, 3.05) is 18.5 Å². The fourth-order valence-corrected chi connectivity index (χ4v) is 2.54. The molecule has 0 fully saturated rings. The largest absolute Gasteiger partial charge is 0.450 e. The molecule has 2 aromatic carbocycles. The zero-order valence-corrected chi connectivity index (χ0v) is 16.0. The van der Waals surface area contributed by atoms with Gasteiger partial charge in [-0.15, -0.1) is 0 Å². The molecule has 0 saturated carbocycles. The van der Waals surface area contributed by atoms with Gasteiger partial charge < -0.3 is 20.7 Å². The lowest BCUT2D eigenvalue weighted by molar-refractivity contribution is -0.121. The maximum atomic E-state index is 12.3. The van der Waals surface area contributed by atoms with Crippen LogP contribution in [0.5, 0.6) is 0 Å². The smallest absolute Gasteiger partial charge is 0.407 e. The zero-order chi connectivity index (χ0) is 20.4. The van der Waals surface area contributed by atoms with Crippen LogP contribution in [-0.2, 0) is 9.53 Å². The Morgan fingerprint density at radius 2 is 1.79 bits per heavy atom. The molecule has 2 aromatic rings. The molecule has 0 saturated heterocycles. The van der Waals surface area contributed by atoms with Crippen LogP contribution in [0, 0.1) is 0 Å². The fourth-order valence-electron chi connectivity index (χ4n) is 2.54. The monoisotopic (exact) mass is 383 g/mol. The van der Waals surface area contributed by atoms with Gasteiger partial charge in [-0.25, -0.2) is 4.79 Å². The van der Waals surface area contributed by atoms with Gasteiger partial charge in [-0.3, -0.25) is 9.59 Å². The highest BCUT2D eigenvalue weighted by Gasteiger charge is 2.12.